The minimum atomic E-state index is -0.0547. The molecule has 1 N–H and O–H groups in total. The Balaban J connectivity index is 1.72. The molecule has 3 heterocycles. The molecular weight excluding hydrogens is 324 g/mol. The largest absolute Gasteiger partial charge is 0.496 e. The molecule has 1 saturated heterocycles. The van der Waals surface area contributed by atoms with Gasteiger partial charge >= 0.3 is 0 Å². The van der Waals surface area contributed by atoms with Crippen molar-refractivity contribution in [3.8, 4) is 5.75 Å². The Hall–Kier alpha value is -2.38. The van der Waals surface area contributed by atoms with Gasteiger partial charge in [0.05, 0.1) is 19.3 Å². The van der Waals surface area contributed by atoms with E-state index in [4.69, 9.17) is 4.74 Å². The summed E-state index contributed by atoms with van der Waals surface area (Å²) >= 11 is 1.53. The second kappa shape index (κ2) is 6.26. The summed E-state index contributed by atoms with van der Waals surface area (Å²) in [6.07, 6.45) is 3.47. The fourth-order valence-electron chi connectivity index (χ4n) is 3.19. The molecule has 6 nitrogen and oxygen atoms in total. The molecule has 124 valence electrons. The summed E-state index contributed by atoms with van der Waals surface area (Å²) in [4.78, 5) is 20.2. The number of piperazine rings is 1. The van der Waals surface area contributed by atoms with Gasteiger partial charge in [-0.3, -0.25) is 9.20 Å². The van der Waals surface area contributed by atoms with E-state index < -0.39 is 0 Å². The number of nitrogens with one attached hydrogen (secondary N) is 1. The van der Waals surface area contributed by atoms with Crippen molar-refractivity contribution in [2.24, 2.45) is 0 Å². The van der Waals surface area contributed by atoms with E-state index >= 15 is 0 Å². The SMILES string of the molecule is COc1ccccc1C1CNCCN1C(=O)c1csc2cncn12. The summed E-state index contributed by atoms with van der Waals surface area (Å²) in [5.41, 5.74) is 1.69. The Morgan fingerprint density at radius 1 is 1.42 bits per heavy atom. The zero-order valence-electron chi connectivity index (χ0n) is 13.3. The van der Waals surface area contributed by atoms with Gasteiger partial charge in [0, 0.05) is 30.6 Å². The fourth-order valence-corrected chi connectivity index (χ4v) is 4.02. The van der Waals surface area contributed by atoms with E-state index in [1.165, 1.54) is 11.3 Å². The number of carbonyl (C=O) groups excluding carboxylic acids is 1. The van der Waals surface area contributed by atoms with Crippen LogP contribution < -0.4 is 10.1 Å². The van der Waals surface area contributed by atoms with E-state index in [0.717, 1.165) is 22.7 Å². The molecule has 24 heavy (non-hydrogen) atoms. The molecule has 0 aliphatic carbocycles. The molecule has 2 aromatic heterocycles. The second-order valence-corrected chi connectivity index (χ2v) is 6.57. The molecule has 7 heteroatoms. The number of fused-ring (bicyclic) bond motifs is 1. The number of hydrogen-bond acceptors (Lipinski definition) is 5. The Morgan fingerprint density at radius 2 is 2.29 bits per heavy atom. The molecule has 1 atom stereocenters. The number of methoxy groups -OCH3 is 1. The van der Waals surface area contributed by atoms with E-state index in [0.29, 0.717) is 18.8 Å². The van der Waals surface area contributed by atoms with Crippen LogP contribution in [0.3, 0.4) is 0 Å². The van der Waals surface area contributed by atoms with Crippen molar-refractivity contribution in [2.45, 2.75) is 6.04 Å². The van der Waals surface area contributed by atoms with Crippen LogP contribution in [0.15, 0.2) is 42.2 Å². The van der Waals surface area contributed by atoms with E-state index in [-0.39, 0.29) is 11.9 Å². The molecule has 4 rings (SSSR count). The first-order chi connectivity index (χ1) is 11.8. The third-order valence-electron chi connectivity index (χ3n) is 4.38. The van der Waals surface area contributed by atoms with Gasteiger partial charge in [0.15, 0.2) is 0 Å². The maximum absolute atomic E-state index is 13.2. The first kappa shape index (κ1) is 15.2. The predicted molar refractivity (Wildman–Crippen MR) is 92.7 cm³/mol. The van der Waals surface area contributed by atoms with Crippen LogP contribution in [-0.2, 0) is 0 Å². The van der Waals surface area contributed by atoms with Crippen LogP contribution in [0, 0.1) is 0 Å². The predicted octanol–water partition coefficient (Wildman–Crippen LogP) is 2.19. The number of para-hydroxylation sites is 1. The summed E-state index contributed by atoms with van der Waals surface area (Å²) in [7, 11) is 1.66. The molecule has 1 amide bonds. The Labute approximate surface area is 143 Å². The van der Waals surface area contributed by atoms with Crippen molar-refractivity contribution in [1.29, 1.82) is 0 Å². The molecule has 1 unspecified atom stereocenters. The Morgan fingerprint density at radius 3 is 3.17 bits per heavy atom. The van der Waals surface area contributed by atoms with Gasteiger partial charge < -0.3 is 15.0 Å². The van der Waals surface area contributed by atoms with E-state index in [9.17, 15) is 4.79 Å². The molecular formula is C17H18N4O2S. The lowest BCUT2D eigenvalue weighted by Gasteiger charge is -2.37. The maximum Gasteiger partial charge on any atom is 0.272 e. The smallest absolute Gasteiger partial charge is 0.272 e. The first-order valence-corrected chi connectivity index (χ1v) is 8.71. The number of imidazole rings is 1. The lowest BCUT2D eigenvalue weighted by atomic mass is 10.0. The number of amides is 1. The molecule has 3 aromatic rings. The molecule has 0 bridgehead atoms. The number of benzene rings is 1. The first-order valence-electron chi connectivity index (χ1n) is 7.83. The normalized spacial score (nSPS) is 18.0. The standard InChI is InChI=1S/C17H18N4O2S/c1-23-15-5-3-2-4-12(15)13-8-18-6-7-20(13)17(22)14-10-24-16-9-19-11-21(14)16/h2-5,9-11,13,18H,6-8H2,1H3. The van der Waals surface area contributed by atoms with Crippen LogP contribution in [0.2, 0.25) is 0 Å². The Bertz CT molecular complexity index is 872. The quantitative estimate of drug-likeness (QED) is 0.793. The van der Waals surface area contributed by atoms with Gasteiger partial charge in [0.1, 0.15) is 22.6 Å². The van der Waals surface area contributed by atoms with Gasteiger partial charge in [-0.15, -0.1) is 11.3 Å². The number of aromatic nitrogens is 2. The third-order valence-corrected chi connectivity index (χ3v) is 5.26. The van der Waals surface area contributed by atoms with Crippen LogP contribution in [-0.4, -0.2) is 46.9 Å². The van der Waals surface area contributed by atoms with Crippen molar-refractivity contribution in [2.75, 3.05) is 26.7 Å². The lowest BCUT2D eigenvalue weighted by Crippen LogP contribution is -2.49. The minimum Gasteiger partial charge on any atom is -0.496 e. The number of carbonyl (C=O) groups is 1. The number of thiazole rings is 1. The summed E-state index contributed by atoms with van der Waals surface area (Å²) in [5.74, 6) is 0.832. The molecule has 0 spiro atoms. The second-order valence-electron chi connectivity index (χ2n) is 5.68. The number of nitrogens with zero attached hydrogens (tertiary/aromatic N) is 3. The van der Waals surface area contributed by atoms with Crippen molar-refractivity contribution in [3.63, 3.8) is 0 Å². The minimum absolute atomic E-state index is 0.0247. The number of rotatable bonds is 3. The summed E-state index contributed by atoms with van der Waals surface area (Å²) in [6.45, 7) is 2.16. The molecule has 0 radical (unpaired) electrons. The van der Waals surface area contributed by atoms with Gasteiger partial charge in [-0.2, -0.15) is 0 Å². The van der Waals surface area contributed by atoms with Gasteiger partial charge in [-0.1, -0.05) is 18.2 Å². The van der Waals surface area contributed by atoms with E-state index in [1.54, 1.807) is 19.6 Å². The monoisotopic (exact) mass is 342 g/mol. The zero-order valence-corrected chi connectivity index (χ0v) is 14.1. The van der Waals surface area contributed by atoms with Gasteiger partial charge in [0.2, 0.25) is 0 Å². The highest BCUT2D eigenvalue weighted by Gasteiger charge is 2.31. The van der Waals surface area contributed by atoms with Gasteiger partial charge in [-0.25, -0.2) is 4.98 Å². The van der Waals surface area contributed by atoms with Crippen LogP contribution in [0.4, 0.5) is 0 Å². The lowest BCUT2D eigenvalue weighted by molar-refractivity contribution is 0.0624. The fraction of sp³-hybridized carbons (Fsp3) is 0.294. The summed E-state index contributed by atoms with van der Waals surface area (Å²) < 4.78 is 7.35. The zero-order chi connectivity index (χ0) is 16.5. The van der Waals surface area contributed by atoms with Crippen LogP contribution in [0.25, 0.3) is 4.83 Å². The maximum atomic E-state index is 13.2. The van der Waals surface area contributed by atoms with Crippen molar-refractivity contribution in [3.05, 3.63) is 53.4 Å². The van der Waals surface area contributed by atoms with Crippen molar-refractivity contribution >= 4 is 22.1 Å². The van der Waals surface area contributed by atoms with E-state index in [2.05, 4.69) is 10.3 Å². The topological polar surface area (TPSA) is 58.9 Å². The molecule has 1 aromatic carbocycles. The molecule has 1 aliphatic rings. The molecule has 1 fully saturated rings. The number of hydrogen-bond donors (Lipinski definition) is 1. The van der Waals surface area contributed by atoms with Crippen LogP contribution >= 0.6 is 11.3 Å². The van der Waals surface area contributed by atoms with Crippen molar-refractivity contribution in [1.82, 2.24) is 19.6 Å². The molecule has 0 saturated carbocycles. The molecule has 1 aliphatic heterocycles. The highest BCUT2D eigenvalue weighted by atomic mass is 32.1. The van der Waals surface area contributed by atoms with Crippen molar-refractivity contribution < 1.29 is 9.53 Å². The summed E-state index contributed by atoms with van der Waals surface area (Å²) in [5, 5.41) is 5.28. The third kappa shape index (κ3) is 2.46. The highest BCUT2D eigenvalue weighted by Crippen LogP contribution is 2.31. The van der Waals surface area contributed by atoms with E-state index in [1.807, 2.05) is 38.9 Å². The highest BCUT2D eigenvalue weighted by molar-refractivity contribution is 7.15. The van der Waals surface area contributed by atoms with Crippen LogP contribution in [0.5, 0.6) is 5.75 Å². The van der Waals surface area contributed by atoms with Crippen LogP contribution in [0.1, 0.15) is 22.1 Å². The summed E-state index contributed by atoms with van der Waals surface area (Å²) in [6, 6.07) is 7.83. The average Bonchev–Trinajstić information content (AvgIpc) is 3.24. The average molecular weight is 342 g/mol. The number of ether oxygens (including phenoxy) is 1. The van der Waals surface area contributed by atoms with Gasteiger partial charge in [0.25, 0.3) is 5.91 Å². The Kier molecular flexibility index (Phi) is 3.95. The van der Waals surface area contributed by atoms with Gasteiger partial charge in [-0.05, 0) is 6.07 Å².